The van der Waals surface area contributed by atoms with E-state index in [4.69, 9.17) is 0 Å². The molecule has 1 fully saturated rings. The molecule has 0 saturated heterocycles. The lowest BCUT2D eigenvalue weighted by Crippen LogP contribution is -2.52. The third-order valence-corrected chi connectivity index (χ3v) is 5.21. The molecule has 1 aliphatic carbocycles. The standard InChI is InChI=1S/C16H24BrFN2/c1-4-19-15(12-8-7-9-13(17)14(12)18)16(20(2)3)10-5-6-11-16/h7-9,15,19H,4-6,10-11H2,1-3H3. The highest BCUT2D eigenvalue weighted by atomic mass is 79.9. The Hall–Kier alpha value is -0.450. The summed E-state index contributed by atoms with van der Waals surface area (Å²) >= 11 is 3.31. The molecular weight excluding hydrogens is 319 g/mol. The summed E-state index contributed by atoms with van der Waals surface area (Å²) < 4.78 is 15.1. The maximum atomic E-state index is 14.6. The van der Waals surface area contributed by atoms with E-state index in [2.05, 4.69) is 47.2 Å². The summed E-state index contributed by atoms with van der Waals surface area (Å²) in [5, 5.41) is 3.53. The molecule has 1 aliphatic rings. The molecule has 1 unspecified atom stereocenters. The van der Waals surface area contributed by atoms with Crippen LogP contribution in [0.3, 0.4) is 0 Å². The van der Waals surface area contributed by atoms with Gasteiger partial charge in [0.1, 0.15) is 5.82 Å². The highest BCUT2D eigenvalue weighted by Gasteiger charge is 2.44. The van der Waals surface area contributed by atoms with E-state index < -0.39 is 0 Å². The Morgan fingerprint density at radius 2 is 2.00 bits per heavy atom. The van der Waals surface area contributed by atoms with Crippen molar-refractivity contribution in [3.63, 3.8) is 0 Å². The molecule has 1 aromatic carbocycles. The van der Waals surface area contributed by atoms with Crippen LogP contribution in [-0.2, 0) is 0 Å². The van der Waals surface area contributed by atoms with Gasteiger partial charge in [-0.2, -0.15) is 0 Å². The number of nitrogens with zero attached hydrogens (tertiary/aromatic N) is 1. The van der Waals surface area contributed by atoms with Crippen LogP contribution >= 0.6 is 15.9 Å². The highest BCUT2D eigenvalue weighted by Crippen LogP contribution is 2.44. The van der Waals surface area contributed by atoms with E-state index >= 15 is 0 Å². The lowest BCUT2D eigenvalue weighted by atomic mass is 9.82. The van der Waals surface area contributed by atoms with Gasteiger partial charge in [-0.05, 0) is 55.5 Å². The Kier molecular flexibility index (Phi) is 5.21. The van der Waals surface area contributed by atoms with Gasteiger partial charge in [-0.15, -0.1) is 0 Å². The van der Waals surface area contributed by atoms with Crippen molar-refractivity contribution in [1.82, 2.24) is 10.2 Å². The first kappa shape index (κ1) is 15.9. The first-order valence-corrected chi connectivity index (χ1v) is 8.17. The molecule has 1 aromatic rings. The number of hydrogen-bond donors (Lipinski definition) is 1. The molecule has 1 N–H and O–H groups in total. The van der Waals surface area contributed by atoms with Crippen LogP contribution in [0, 0.1) is 5.82 Å². The minimum atomic E-state index is -0.133. The molecule has 1 saturated carbocycles. The Morgan fingerprint density at radius 3 is 2.55 bits per heavy atom. The van der Waals surface area contributed by atoms with Gasteiger partial charge in [0.15, 0.2) is 0 Å². The Balaban J connectivity index is 2.47. The minimum absolute atomic E-state index is 0.0116. The molecule has 1 atom stereocenters. The number of benzene rings is 1. The van der Waals surface area contributed by atoms with Gasteiger partial charge in [-0.3, -0.25) is 0 Å². The molecule has 4 heteroatoms. The summed E-state index contributed by atoms with van der Waals surface area (Å²) in [7, 11) is 4.23. The smallest absolute Gasteiger partial charge is 0.142 e. The summed E-state index contributed by atoms with van der Waals surface area (Å²) in [6.45, 7) is 2.92. The van der Waals surface area contributed by atoms with E-state index in [1.807, 2.05) is 12.1 Å². The third kappa shape index (κ3) is 2.78. The maximum Gasteiger partial charge on any atom is 0.142 e. The predicted octanol–water partition coefficient (Wildman–Crippen LogP) is 4.11. The first-order valence-electron chi connectivity index (χ1n) is 7.37. The van der Waals surface area contributed by atoms with E-state index in [0.29, 0.717) is 4.47 Å². The van der Waals surface area contributed by atoms with Crippen LogP contribution in [0.25, 0.3) is 0 Å². The number of halogens is 2. The highest BCUT2D eigenvalue weighted by molar-refractivity contribution is 9.10. The average Bonchev–Trinajstić information content (AvgIpc) is 2.90. The largest absolute Gasteiger partial charge is 0.309 e. The van der Waals surface area contributed by atoms with Crippen molar-refractivity contribution >= 4 is 15.9 Å². The van der Waals surface area contributed by atoms with Gasteiger partial charge >= 0.3 is 0 Å². The fourth-order valence-electron chi connectivity index (χ4n) is 3.52. The summed E-state index contributed by atoms with van der Waals surface area (Å²) in [5.41, 5.74) is 0.786. The summed E-state index contributed by atoms with van der Waals surface area (Å²) in [5.74, 6) is -0.133. The zero-order valence-corrected chi connectivity index (χ0v) is 14.1. The predicted molar refractivity (Wildman–Crippen MR) is 85.4 cm³/mol. The van der Waals surface area contributed by atoms with E-state index in [0.717, 1.165) is 24.9 Å². The maximum absolute atomic E-state index is 14.6. The van der Waals surface area contributed by atoms with Crippen molar-refractivity contribution in [3.05, 3.63) is 34.1 Å². The molecule has 0 spiro atoms. The van der Waals surface area contributed by atoms with Crippen molar-refractivity contribution in [2.24, 2.45) is 0 Å². The van der Waals surface area contributed by atoms with Crippen LogP contribution in [0.1, 0.15) is 44.2 Å². The Labute approximate surface area is 129 Å². The van der Waals surface area contributed by atoms with Gasteiger partial charge in [-0.1, -0.05) is 31.9 Å². The van der Waals surface area contributed by atoms with Crippen molar-refractivity contribution in [2.45, 2.75) is 44.2 Å². The Bertz CT molecular complexity index is 456. The quantitative estimate of drug-likeness (QED) is 0.865. The van der Waals surface area contributed by atoms with E-state index in [1.165, 1.54) is 12.8 Å². The van der Waals surface area contributed by atoms with Crippen molar-refractivity contribution in [2.75, 3.05) is 20.6 Å². The lowest BCUT2D eigenvalue weighted by Gasteiger charge is -2.44. The molecule has 0 aliphatic heterocycles. The molecule has 0 aromatic heterocycles. The van der Waals surface area contributed by atoms with Crippen LogP contribution in [0.4, 0.5) is 4.39 Å². The van der Waals surface area contributed by atoms with E-state index in [-0.39, 0.29) is 17.4 Å². The fourth-order valence-corrected chi connectivity index (χ4v) is 3.90. The molecule has 20 heavy (non-hydrogen) atoms. The molecule has 0 bridgehead atoms. The van der Waals surface area contributed by atoms with Crippen molar-refractivity contribution in [1.29, 1.82) is 0 Å². The lowest BCUT2D eigenvalue weighted by molar-refractivity contribution is 0.103. The van der Waals surface area contributed by atoms with Gasteiger partial charge in [0.25, 0.3) is 0 Å². The summed E-state index contributed by atoms with van der Waals surface area (Å²) in [6, 6.07) is 5.63. The SMILES string of the molecule is CCNC(c1cccc(Br)c1F)C1(N(C)C)CCCC1. The molecule has 112 valence electrons. The van der Waals surface area contributed by atoms with Crippen molar-refractivity contribution in [3.8, 4) is 0 Å². The molecule has 0 heterocycles. The summed E-state index contributed by atoms with van der Waals surface area (Å²) in [6.07, 6.45) is 4.67. The number of hydrogen-bond acceptors (Lipinski definition) is 2. The van der Waals surface area contributed by atoms with Gasteiger partial charge in [0.2, 0.25) is 0 Å². The Morgan fingerprint density at radius 1 is 1.35 bits per heavy atom. The zero-order chi connectivity index (χ0) is 14.8. The van der Waals surface area contributed by atoms with Gasteiger partial charge < -0.3 is 10.2 Å². The number of rotatable bonds is 5. The van der Waals surface area contributed by atoms with Gasteiger partial charge in [-0.25, -0.2) is 4.39 Å². The van der Waals surface area contributed by atoms with Gasteiger partial charge in [0, 0.05) is 11.1 Å². The zero-order valence-electron chi connectivity index (χ0n) is 12.5. The average molecular weight is 343 g/mol. The number of nitrogens with one attached hydrogen (secondary N) is 1. The van der Waals surface area contributed by atoms with Crippen LogP contribution in [0.2, 0.25) is 0 Å². The normalized spacial score (nSPS) is 19.5. The van der Waals surface area contributed by atoms with Crippen molar-refractivity contribution < 1.29 is 4.39 Å². The molecular formula is C16H24BrFN2. The second kappa shape index (κ2) is 6.54. The van der Waals surface area contributed by atoms with Crippen LogP contribution in [0.15, 0.2) is 22.7 Å². The first-order chi connectivity index (χ1) is 9.53. The second-order valence-corrected chi connectivity index (χ2v) is 6.69. The monoisotopic (exact) mass is 342 g/mol. The van der Waals surface area contributed by atoms with E-state index in [1.54, 1.807) is 6.07 Å². The second-order valence-electron chi connectivity index (χ2n) is 5.84. The third-order valence-electron chi connectivity index (χ3n) is 4.60. The van der Waals surface area contributed by atoms with Gasteiger partial charge in [0.05, 0.1) is 10.5 Å². The van der Waals surface area contributed by atoms with E-state index in [9.17, 15) is 4.39 Å². The molecule has 0 radical (unpaired) electrons. The fraction of sp³-hybridized carbons (Fsp3) is 0.625. The topological polar surface area (TPSA) is 15.3 Å². The van der Waals surface area contributed by atoms with Crippen LogP contribution in [-0.4, -0.2) is 31.1 Å². The number of likely N-dealkylation sites (N-methyl/N-ethyl adjacent to an activating group) is 2. The van der Waals surface area contributed by atoms with Crippen LogP contribution < -0.4 is 5.32 Å². The van der Waals surface area contributed by atoms with Crippen LogP contribution in [0.5, 0.6) is 0 Å². The molecule has 0 amide bonds. The molecule has 2 rings (SSSR count). The molecule has 2 nitrogen and oxygen atoms in total. The summed E-state index contributed by atoms with van der Waals surface area (Å²) in [4.78, 5) is 2.29. The minimum Gasteiger partial charge on any atom is -0.309 e.